The van der Waals surface area contributed by atoms with Crippen LogP contribution in [0.5, 0.6) is 11.5 Å². The number of hydrogen-bond acceptors (Lipinski definition) is 5. The molecule has 3 aromatic carbocycles. The summed E-state index contributed by atoms with van der Waals surface area (Å²) in [5.41, 5.74) is 1.79. The molecule has 0 saturated heterocycles. The molecule has 0 bridgehead atoms. The maximum atomic E-state index is 12.6. The topological polar surface area (TPSA) is 76.7 Å². The Balaban J connectivity index is 1.58. The van der Waals surface area contributed by atoms with Crippen molar-refractivity contribution in [2.75, 3.05) is 24.9 Å². The summed E-state index contributed by atoms with van der Waals surface area (Å²) in [6.45, 7) is 1.84. The quantitative estimate of drug-likeness (QED) is 0.411. The van der Waals surface area contributed by atoms with E-state index in [9.17, 15) is 9.59 Å². The van der Waals surface area contributed by atoms with Gasteiger partial charge >= 0.3 is 0 Å². The Morgan fingerprint density at radius 2 is 1.44 bits per heavy atom. The molecular formula is C24H23ClN2O4S. The van der Waals surface area contributed by atoms with E-state index in [4.69, 9.17) is 21.1 Å². The highest BCUT2D eigenvalue weighted by Gasteiger charge is 2.15. The zero-order valence-electron chi connectivity index (χ0n) is 17.8. The van der Waals surface area contributed by atoms with Crippen molar-refractivity contribution in [3.05, 3.63) is 77.3 Å². The minimum atomic E-state index is -0.308. The molecule has 2 amide bonds. The number of carbonyl (C=O) groups is 2. The molecule has 0 aliphatic carbocycles. The van der Waals surface area contributed by atoms with Gasteiger partial charge in [-0.1, -0.05) is 11.6 Å². The Bertz CT molecular complexity index is 1090. The van der Waals surface area contributed by atoms with Gasteiger partial charge in [-0.15, -0.1) is 11.8 Å². The lowest BCUT2D eigenvalue weighted by Gasteiger charge is -2.13. The Kier molecular flexibility index (Phi) is 8.03. The molecule has 3 rings (SSSR count). The molecule has 8 heteroatoms. The molecule has 0 aliphatic rings. The smallest absolute Gasteiger partial charge is 0.255 e. The van der Waals surface area contributed by atoms with Gasteiger partial charge in [0.1, 0.15) is 0 Å². The van der Waals surface area contributed by atoms with Gasteiger partial charge in [-0.2, -0.15) is 0 Å². The van der Waals surface area contributed by atoms with Crippen LogP contribution in [-0.2, 0) is 4.79 Å². The average molecular weight is 471 g/mol. The highest BCUT2D eigenvalue weighted by atomic mass is 35.5. The monoisotopic (exact) mass is 470 g/mol. The highest BCUT2D eigenvalue weighted by Crippen LogP contribution is 2.29. The first-order valence-electron chi connectivity index (χ1n) is 9.76. The lowest BCUT2D eigenvalue weighted by molar-refractivity contribution is -0.115. The molecule has 0 spiro atoms. The third kappa shape index (κ3) is 6.18. The molecule has 0 saturated carbocycles. The number of ether oxygens (including phenoxy) is 2. The second-order valence-corrected chi connectivity index (χ2v) is 8.66. The number of carbonyl (C=O) groups excluding carboxylic acids is 2. The van der Waals surface area contributed by atoms with Crippen LogP contribution in [0.4, 0.5) is 11.4 Å². The van der Waals surface area contributed by atoms with Gasteiger partial charge in [0.05, 0.1) is 19.5 Å². The van der Waals surface area contributed by atoms with E-state index < -0.39 is 0 Å². The molecule has 32 heavy (non-hydrogen) atoms. The van der Waals surface area contributed by atoms with E-state index in [-0.39, 0.29) is 17.1 Å². The number of anilines is 2. The number of benzene rings is 3. The van der Waals surface area contributed by atoms with Crippen molar-refractivity contribution in [1.82, 2.24) is 0 Å². The Morgan fingerprint density at radius 1 is 0.844 bits per heavy atom. The number of rotatable bonds is 8. The summed E-state index contributed by atoms with van der Waals surface area (Å²) in [6.07, 6.45) is 0. The van der Waals surface area contributed by atoms with Crippen molar-refractivity contribution in [3.8, 4) is 11.5 Å². The van der Waals surface area contributed by atoms with Gasteiger partial charge in [0, 0.05) is 26.9 Å². The van der Waals surface area contributed by atoms with Gasteiger partial charge in [-0.3, -0.25) is 9.59 Å². The van der Waals surface area contributed by atoms with Gasteiger partial charge in [-0.05, 0) is 73.7 Å². The van der Waals surface area contributed by atoms with Crippen LogP contribution < -0.4 is 20.1 Å². The molecule has 3 aromatic rings. The molecule has 0 heterocycles. The molecule has 166 valence electrons. The normalized spacial score (nSPS) is 11.4. The first-order chi connectivity index (χ1) is 15.4. The predicted octanol–water partition coefficient (Wildman–Crippen LogP) is 5.73. The number of amides is 2. The van der Waals surface area contributed by atoms with Crippen molar-refractivity contribution in [2.45, 2.75) is 17.1 Å². The van der Waals surface area contributed by atoms with E-state index in [2.05, 4.69) is 10.6 Å². The fourth-order valence-corrected chi connectivity index (χ4v) is 3.83. The number of thioether (sulfide) groups is 1. The summed E-state index contributed by atoms with van der Waals surface area (Å²) >= 11 is 7.30. The molecule has 0 radical (unpaired) electrons. The Hall–Kier alpha value is -3.16. The van der Waals surface area contributed by atoms with Crippen molar-refractivity contribution in [2.24, 2.45) is 0 Å². The summed E-state index contributed by atoms with van der Waals surface area (Å²) in [5.74, 6) is 0.669. The zero-order chi connectivity index (χ0) is 23.1. The minimum Gasteiger partial charge on any atom is -0.493 e. The second-order valence-electron chi connectivity index (χ2n) is 6.80. The van der Waals surface area contributed by atoms with Gasteiger partial charge in [0.2, 0.25) is 5.91 Å². The molecular weight excluding hydrogens is 448 g/mol. The van der Waals surface area contributed by atoms with E-state index in [1.807, 2.05) is 19.1 Å². The lowest BCUT2D eigenvalue weighted by Crippen LogP contribution is -2.22. The maximum absolute atomic E-state index is 12.6. The molecule has 1 atom stereocenters. The molecule has 0 aliphatic heterocycles. The van der Waals surface area contributed by atoms with Crippen LogP contribution in [-0.4, -0.2) is 31.3 Å². The fourth-order valence-electron chi connectivity index (χ4n) is 2.83. The van der Waals surface area contributed by atoms with Crippen molar-refractivity contribution in [3.63, 3.8) is 0 Å². The van der Waals surface area contributed by atoms with Crippen molar-refractivity contribution in [1.29, 1.82) is 0 Å². The summed E-state index contributed by atoms with van der Waals surface area (Å²) < 4.78 is 10.4. The first kappa shape index (κ1) is 23.5. The number of halogens is 1. The Labute approximate surface area is 196 Å². The Morgan fingerprint density at radius 3 is 2.06 bits per heavy atom. The van der Waals surface area contributed by atoms with Crippen molar-refractivity contribution >= 4 is 46.6 Å². The van der Waals surface area contributed by atoms with Crippen LogP contribution in [0.15, 0.2) is 71.6 Å². The summed E-state index contributed by atoms with van der Waals surface area (Å²) in [4.78, 5) is 25.9. The third-order valence-corrected chi connectivity index (χ3v) is 5.92. The highest BCUT2D eigenvalue weighted by molar-refractivity contribution is 8.00. The van der Waals surface area contributed by atoms with E-state index in [1.165, 1.54) is 18.9 Å². The summed E-state index contributed by atoms with van der Waals surface area (Å²) in [7, 11) is 3.06. The standard InChI is InChI=1S/C24H23ClN2O4S/c1-15(23(28)26-18-7-5-17(25)6-8-18)32-20-11-9-19(10-12-20)27-24(29)16-4-13-21(30-2)22(14-16)31-3/h4-15H,1-3H3,(H,26,28)(H,27,29). The van der Waals surface area contributed by atoms with Crippen LogP contribution in [0.3, 0.4) is 0 Å². The van der Waals surface area contributed by atoms with Gasteiger partial charge in [-0.25, -0.2) is 0 Å². The van der Waals surface area contributed by atoms with Crippen LogP contribution >= 0.6 is 23.4 Å². The van der Waals surface area contributed by atoms with Crippen molar-refractivity contribution < 1.29 is 19.1 Å². The molecule has 0 aromatic heterocycles. The molecule has 2 N–H and O–H groups in total. The van der Waals surface area contributed by atoms with Gasteiger partial charge in [0.25, 0.3) is 5.91 Å². The fraction of sp³-hybridized carbons (Fsp3) is 0.167. The van der Waals surface area contributed by atoms with Crippen LogP contribution in [0.25, 0.3) is 0 Å². The second kappa shape index (κ2) is 10.9. The van der Waals surface area contributed by atoms with Gasteiger partial charge in [0.15, 0.2) is 11.5 Å². The number of methoxy groups -OCH3 is 2. The maximum Gasteiger partial charge on any atom is 0.255 e. The van der Waals surface area contributed by atoms with Crippen LogP contribution in [0.1, 0.15) is 17.3 Å². The molecule has 0 fully saturated rings. The largest absolute Gasteiger partial charge is 0.493 e. The van der Waals surface area contributed by atoms with E-state index >= 15 is 0 Å². The lowest BCUT2D eigenvalue weighted by atomic mass is 10.2. The number of nitrogens with one attached hydrogen (secondary N) is 2. The first-order valence-corrected chi connectivity index (χ1v) is 11.0. The van der Waals surface area contributed by atoms with E-state index in [0.29, 0.717) is 33.5 Å². The minimum absolute atomic E-state index is 0.108. The SMILES string of the molecule is COc1ccc(C(=O)Nc2ccc(SC(C)C(=O)Nc3ccc(Cl)cc3)cc2)cc1OC. The molecule has 1 unspecified atom stereocenters. The number of hydrogen-bond donors (Lipinski definition) is 2. The summed E-state index contributed by atoms with van der Waals surface area (Å²) in [5, 5.41) is 6.03. The average Bonchev–Trinajstić information content (AvgIpc) is 2.81. The van der Waals surface area contributed by atoms with E-state index in [0.717, 1.165) is 4.90 Å². The third-order valence-electron chi connectivity index (χ3n) is 4.55. The van der Waals surface area contributed by atoms with Crippen LogP contribution in [0.2, 0.25) is 5.02 Å². The molecule has 6 nitrogen and oxygen atoms in total. The van der Waals surface area contributed by atoms with Crippen LogP contribution in [0, 0.1) is 0 Å². The van der Waals surface area contributed by atoms with Gasteiger partial charge < -0.3 is 20.1 Å². The zero-order valence-corrected chi connectivity index (χ0v) is 19.4. The predicted molar refractivity (Wildman–Crippen MR) is 129 cm³/mol. The van der Waals surface area contributed by atoms with E-state index in [1.54, 1.807) is 61.7 Å². The summed E-state index contributed by atoms with van der Waals surface area (Å²) in [6, 6.07) is 19.3.